The maximum Gasteiger partial charge on any atom is 0.126 e. The average Bonchev–Trinajstić information content (AvgIpc) is 2.68. The van der Waals surface area contributed by atoms with E-state index < -0.39 is 0 Å². The lowest BCUT2D eigenvalue weighted by Gasteiger charge is -2.35. The fraction of sp³-hybridized carbons (Fsp3) is 0.533. The minimum atomic E-state index is 0.152. The maximum absolute atomic E-state index is 7.93. The molecule has 1 heterocycles. The van der Waals surface area contributed by atoms with Gasteiger partial charge in [0.1, 0.15) is 5.84 Å². The van der Waals surface area contributed by atoms with Gasteiger partial charge in [0.05, 0.1) is 5.56 Å². The van der Waals surface area contributed by atoms with Gasteiger partial charge in [-0.05, 0) is 44.6 Å². The van der Waals surface area contributed by atoms with Gasteiger partial charge < -0.3 is 10.6 Å². The van der Waals surface area contributed by atoms with Gasteiger partial charge in [-0.3, -0.25) is 5.41 Å². The number of benzene rings is 1. The molecule has 4 heteroatoms. The fourth-order valence-corrected chi connectivity index (χ4v) is 3.69. The molecule has 0 aromatic heterocycles. The molecule has 1 saturated heterocycles. The van der Waals surface area contributed by atoms with E-state index >= 15 is 0 Å². The lowest BCUT2D eigenvalue weighted by Crippen LogP contribution is -2.39. The van der Waals surface area contributed by atoms with Crippen LogP contribution in [-0.2, 0) is 0 Å². The Morgan fingerprint density at radius 3 is 2.74 bits per heavy atom. The molecule has 3 nitrogen and oxygen atoms in total. The second-order valence-electron chi connectivity index (χ2n) is 5.56. The summed E-state index contributed by atoms with van der Waals surface area (Å²) in [6.07, 6.45) is 2.39. The topological polar surface area (TPSA) is 53.1 Å². The quantitative estimate of drug-likeness (QED) is 0.503. The third kappa shape index (κ3) is 2.73. The molecular formula is C15H23N3S. The van der Waals surface area contributed by atoms with Crippen LogP contribution in [0.1, 0.15) is 39.2 Å². The molecule has 1 aromatic rings. The van der Waals surface area contributed by atoms with E-state index in [1.807, 2.05) is 0 Å². The number of nitrogens with zero attached hydrogens (tertiary/aromatic N) is 1. The molecule has 0 spiro atoms. The third-order valence-electron chi connectivity index (χ3n) is 3.77. The lowest BCUT2D eigenvalue weighted by atomic mass is 10.0. The van der Waals surface area contributed by atoms with Crippen molar-refractivity contribution >= 4 is 23.3 Å². The molecular weight excluding hydrogens is 254 g/mol. The first-order chi connectivity index (χ1) is 8.97. The van der Waals surface area contributed by atoms with Gasteiger partial charge in [0, 0.05) is 22.7 Å². The molecule has 0 bridgehead atoms. The average molecular weight is 277 g/mol. The van der Waals surface area contributed by atoms with E-state index in [1.54, 1.807) is 11.8 Å². The summed E-state index contributed by atoms with van der Waals surface area (Å²) in [7, 11) is 0. The van der Waals surface area contributed by atoms with Crippen molar-refractivity contribution < 1.29 is 0 Å². The molecule has 1 aromatic carbocycles. The minimum Gasteiger partial charge on any atom is -0.384 e. The van der Waals surface area contributed by atoms with Gasteiger partial charge in [0.25, 0.3) is 0 Å². The Balaban J connectivity index is 2.50. The van der Waals surface area contributed by atoms with Gasteiger partial charge in [-0.15, -0.1) is 11.8 Å². The largest absolute Gasteiger partial charge is 0.384 e. The van der Waals surface area contributed by atoms with Gasteiger partial charge in [0.2, 0.25) is 0 Å². The van der Waals surface area contributed by atoms with Crippen molar-refractivity contribution in [2.24, 2.45) is 5.73 Å². The molecule has 1 aliphatic heterocycles. The summed E-state index contributed by atoms with van der Waals surface area (Å²) >= 11 is 1.76. The molecule has 0 atom stereocenters. The summed E-state index contributed by atoms with van der Waals surface area (Å²) in [5, 5.41) is 7.93. The van der Waals surface area contributed by atoms with E-state index in [4.69, 9.17) is 11.1 Å². The van der Waals surface area contributed by atoms with E-state index in [2.05, 4.69) is 43.9 Å². The molecule has 0 unspecified atom stereocenters. The number of amidine groups is 1. The van der Waals surface area contributed by atoms with Gasteiger partial charge >= 0.3 is 0 Å². The molecule has 1 aliphatic rings. The van der Waals surface area contributed by atoms with Crippen molar-refractivity contribution in [1.29, 1.82) is 5.41 Å². The summed E-state index contributed by atoms with van der Waals surface area (Å²) in [6.45, 7) is 7.71. The predicted molar refractivity (Wildman–Crippen MR) is 84.5 cm³/mol. The van der Waals surface area contributed by atoms with Crippen molar-refractivity contribution in [1.82, 2.24) is 0 Å². The van der Waals surface area contributed by atoms with Crippen LogP contribution in [0.25, 0.3) is 0 Å². The van der Waals surface area contributed by atoms with E-state index in [1.165, 1.54) is 12.8 Å². The van der Waals surface area contributed by atoms with Crippen LogP contribution in [0.15, 0.2) is 23.1 Å². The number of thioether (sulfide) groups is 1. The number of nitrogen functional groups attached to an aromatic ring is 1. The van der Waals surface area contributed by atoms with Gasteiger partial charge in [0.15, 0.2) is 0 Å². The smallest absolute Gasteiger partial charge is 0.126 e. The fourth-order valence-electron chi connectivity index (χ4n) is 2.84. The van der Waals surface area contributed by atoms with E-state index in [-0.39, 0.29) is 11.4 Å². The van der Waals surface area contributed by atoms with Crippen molar-refractivity contribution in [3.05, 3.63) is 23.8 Å². The number of rotatable bonds is 4. The number of hydrogen-bond donors (Lipinski definition) is 2. The van der Waals surface area contributed by atoms with Crippen LogP contribution in [0.5, 0.6) is 0 Å². The van der Waals surface area contributed by atoms with Gasteiger partial charge in [-0.1, -0.05) is 13.0 Å². The normalized spacial score (nSPS) is 17.7. The standard InChI is InChI=1S/C15H23N3S/c1-4-19-12-8-5-7-11(13(12)14(16)17)18-10-6-9-15(18,2)3/h5,7-8H,4,6,9-10H2,1-3H3,(H3,16,17). The SMILES string of the molecule is CCSc1cccc(N2CCCC2(C)C)c1C(=N)N. The summed E-state index contributed by atoms with van der Waals surface area (Å²) in [4.78, 5) is 3.53. The lowest BCUT2D eigenvalue weighted by molar-refractivity contribution is 0.517. The zero-order valence-electron chi connectivity index (χ0n) is 12.0. The van der Waals surface area contributed by atoms with Crippen LogP contribution in [0.4, 0.5) is 5.69 Å². The van der Waals surface area contributed by atoms with Crippen LogP contribution in [0.2, 0.25) is 0 Å². The van der Waals surface area contributed by atoms with Crippen LogP contribution in [-0.4, -0.2) is 23.7 Å². The first-order valence-electron chi connectivity index (χ1n) is 6.85. The summed E-state index contributed by atoms with van der Waals surface area (Å²) in [5.74, 6) is 1.17. The summed E-state index contributed by atoms with van der Waals surface area (Å²) in [6, 6.07) is 6.25. The Morgan fingerprint density at radius 2 is 2.21 bits per heavy atom. The Bertz CT molecular complexity index is 482. The van der Waals surface area contributed by atoms with Crippen molar-refractivity contribution in [2.75, 3.05) is 17.2 Å². The molecule has 0 amide bonds. The zero-order valence-corrected chi connectivity index (χ0v) is 12.8. The molecule has 104 valence electrons. The van der Waals surface area contributed by atoms with E-state index in [0.717, 1.165) is 28.4 Å². The van der Waals surface area contributed by atoms with Crippen molar-refractivity contribution in [3.8, 4) is 0 Å². The molecule has 19 heavy (non-hydrogen) atoms. The third-order valence-corrected chi connectivity index (χ3v) is 4.71. The molecule has 2 rings (SSSR count). The first kappa shape index (κ1) is 14.3. The van der Waals surface area contributed by atoms with E-state index in [0.29, 0.717) is 0 Å². The van der Waals surface area contributed by atoms with E-state index in [9.17, 15) is 0 Å². The van der Waals surface area contributed by atoms with Crippen LogP contribution >= 0.6 is 11.8 Å². The molecule has 0 saturated carbocycles. The second kappa shape index (κ2) is 5.45. The van der Waals surface area contributed by atoms with Gasteiger partial charge in [-0.2, -0.15) is 0 Å². The summed E-state index contributed by atoms with van der Waals surface area (Å²) < 4.78 is 0. The Kier molecular flexibility index (Phi) is 4.09. The second-order valence-corrected chi connectivity index (χ2v) is 6.87. The van der Waals surface area contributed by atoms with Crippen molar-refractivity contribution in [2.45, 2.75) is 44.0 Å². The minimum absolute atomic E-state index is 0.152. The zero-order chi connectivity index (χ0) is 14.0. The Labute approximate surface area is 120 Å². The van der Waals surface area contributed by atoms with Crippen LogP contribution in [0.3, 0.4) is 0 Å². The van der Waals surface area contributed by atoms with Crippen LogP contribution < -0.4 is 10.6 Å². The Morgan fingerprint density at radius 1 is 1.47 bits per heavy atom. The van der Waals surface area contributed by atoms with Gasteiger partial charge in [-0.25, -0.2) is 0 Å². The number of nitrogens with two attached hydrogens (primary N) is 1. The highest BCUT2D eigenvalue weighted by atomic mass is 32.2. The first-order valence-corrected chi connectivity index (χ1v) is 7.84. The number of anilines is 1. The summed E-state index contributed by atoms with van der Waals surface area (Å²) in [5.41, 5.74) is 8.02. The number of hydrogen-bond acceptors (Lipinski definition) is 3. The highest BCUT2D eigenvalue weighted by Crippen LogP contribution is 2.38. The molecule has 0 radical (unpaired) electrons. The molecule has 3 N–H and O–H groups in total. The molecule has 0 aliphatic carbocycles. The van der Waals surface area contributed by atoms with Crippen molar-refractivity contribution in [3.63, 3.8) is 0 Å². The monoisotopic (exact) mass is 277 g/mol. The number of nitrogens with one attached hydrogen (secondary N) is 1. The molecule has 1 fully saturated rings. The predicted octanol–water partition coefficient (Wildman–Crippen LogP) is 3.46. The Hall–Kier alpha value is -1.16. The maximum atomic E-state index is 7.93. The highest BCUT2D eigenvalue weighted by molar-refractivity contribution is 7.99. The van der Waals surface area contributed by atoms with Crippen LogP contribution in [0, 0.1) is 5.41 Å². The highest BCUT2D eigenvalue weighted by Gasteiger charge is 2.33.